The van der Waals surface area contributed by atoms with E-state index in [4.69, 9.17) is 15.5 Å². The first-order valence-electron chi connectivity index (χ1n) is 10.3. The van der Waals surface area contributed by atoms with Crippen LogP contribution in [0.15, 0.2) is 24.4 Å². The number of aromatic nitrogens is 2. The van der Waals surface area contributed by atoms with Crippen LogP contribution in [0.3, 0.4) is 0 Å². The smallest absolute Gasteiger partial charge is 0.330 e. The number of anilines is 2. The van der Waals surface area contributed by atoms with Crippen molar-refractivity contribution >= 4 is 29.4 Å². The highest BCUT2D eigenvalue weighted by Gasteiger charge is 2.47. The van der Waals surface area contributed by atoms with Crippen LogP contribution < -0.4 is 25.6 Å². The van der Waals surface area contributed by atoms with Gasteiger partial charge in [-0.2, -0.15) is 0 Å². The number of nitrogens with zero attached hydrogens (tertiary/aromatic N) is 4. The summed E-state index contributed by atoms with van der Waals surface area (Å²) < 4.78 is 7.90. The van der Waals surface area contributed by atoms with Crippen LogP contribution in [0, 0.1) is 0 Å². The lowest BCUT2D eigenvalue weighted by atomic mass is 10.1. The van der Waals surface area contributed by atoms with Crippen LogP contribution in [-0.4, -0.2) is 52.1 Å². The molecule has 10 heteroatoms. The highest BCUT2D eigenvalue weighted by Crippen LogP contribution is 2.39. The van der Waals surface area contributed by atoms with Crippen molar-refractivity contribution < 1.29 is 19.1 Å². The highest BCUT2D eigenvalue weighted by molar-refractivity contribution is 6.16. The first kappa shape index (κ1) is 19.4. The van der Waals surface area contributed by atoms with Crippen LogP contribution in [-0.2, 0) is 16.1 Å². The van der Waals surface area contributed by atoms with E-state index in [9.17, 15) is 14.4 Å². The van der Waals surface area contributed by atoms with E-state index >= 15 is 0 Å². The van der Waals surface area contributed by atoms with Crippen LogP contribution in [0.4, 0.5) is 16.3 Å². The molecule has 1 aromatic heterocycles. The van der Waals surface area contributed by atoms with Crippen LogP contribution >= 0.6 is 0 Å². The van der Waals surface area contributed by atoms with E-state index in [0.29, 0.717) is 30.5 Å². The molecule has 1 aromatic carbocycles. The number of benzene rings is 1. The molecule has 1 atom stereocenters. The molecule has 31 heavy (non-hydrogen) atoms. The second-order valence-corrected chi connectivity index (χ2v) is 8.55. The van der Waals surface area contributed by atoms with Gasteiger partial charge in [0.05, 0.1) is 12.1 Å². The van der Waals surface area contributed by atoms with Crippen molar-refractivity contribution in [3.63, 3.8) is 0 Å². The SMILES string of the molecule is CC1(C)C(=O)NC(=O)N1c1cn2c(n1)-c1ccc(N3CCC[C@H]3C(N)=O)cc1OCC2. The summed E-state index contributed by atoms with van der Waals surface area (Å²) in [5.74, 6) is 1.04. The van der Waals surface area contributed by atoms with Gasteiger partial charge in [-0.15, -0.1) is 0 Å². The van der Waals surface area contributed by atoms with Gasteiger partial charge in [-0.1, -0.05) is 0 Å². The van der Waals surface area contributed by atoms with Crippen molar-refractivity contribution in [2.45, 2.75) is 44.8 Å². The van der Waals surface area contributed by atoms with E-state index in [1.54, 1.807) is 20.0 Å². The second-order valence-electron chi connectivity index (χ2n) is 8.55. The summed E-state index contributed by atoms with van der Waals surface area (Å²) in [6, 6.07) is 4.96. The number of fused-ring (bicyclic) bond motifs is 3. The topological polar surface area (TPSA) is 123 Å². The number of nitrogens with two attached hydrogens (primary N) is 1. The predicted molar refractivity (Wildman–Crippen MR) is 113 cm³/mol. The molecule has 2 saturated heterocycles. The monoisotopic (exact) mass is 424 g/mol. The molecule has 2 fully saturated rings. The Morgan fingerprint density at radius 3 is 2.81 bits per heavy atom. The number of hydrogen-bond donors (Lipinski definition) is 2. The molecule has 0 bridgehead atoms. The Labute approximate surface area is 178 Å². The van der Waals surface area contributed by atoms with Crippen LogP contribution in [0.2, 0.25) is 0 Å². The van der Waals surface area contributed by atoms with Crippen molar-refractivity contribution in [2.24, 2.45) is 5.73 Å². The van der Waals surface area contributed by atoms with Gasteiger partial charge in [0.15, 0.2) is 5.82 Å². The fourth-order valence-corrected chi connectivity index (χ4v) is 4.57. The number of imidazole rings is 1. The zero-order chi connectivity index (χ0) is 21.9. The molecule has 10 nitrogen and oxygen atoms in total. The summed E-state index contributed by atoms with van der Waals surface area (Å²) in [7, 11) is 0. The quantitative estimate of drug-likeness (QED) is 0.715. The van der Waals surface area contributed by atoms with Gasteiger partial charge in [0.2, 0.25) is 5.91 Å². The molecule has 0 radical (unpaired) electrons. The molecular formula is C21H24N6O4. The molecule has 4 amide bonds. The van der Waals surface area contributed by atoms with E-state index in [1.807, 2.05) is 27.7 Å². The molecule has 4 heterocycles. The Bertz CT molecular complexity index is 1110. The van der Waals surface area contributed by atoms with Crippen LogP contribution in [0.5, 0.6) is 5.75 Å². The Morgan fingerprint density at radius 2 is 2.10 bits per heavy atom. The Balaban J connectivity index is 1.53. The van der Waals surface area contributed by atoms with E-state index in [-0.39, 0.29) is 17.9 Å². The maximum atomic E-state index is 12.4. The summed E-state index contributed by atoms with van der Waals surface area (Å²) >= 11 is 0. The van der Waals surface area contributed by atoms with Crippen molar-refractivity contribution in [1.82, 2.24) is 14.9 Å². The minimum atomic E-state index is -1.03. The number of hydrogen-bond acceptors (Lipinski definition) is 6. The molecule has 3 aliphatic heterocycles. The van der Waals surface area contributed by atoms with E-state index in [0.717, 1.165) is 30.6 Å². The summed E-state index contributed by atoms with van der Waals surface area (Å²) in [6.45, 7) is 5.10. The molecule has 3 N–H and O–H groups in total. The molecule has 162 valence electrons. The fraction of sp³-hybridized carbons (Fsp3) is 0.429. The minimum absolute atomic E-state index is 0.314. The summed E-state index contributed by atoms with van der Waals surface area (Å²) in [5, 5.41) is 2.35. The molecule has 5 rings (SSSR count). The number of nitrogens with one attached hydrogen (secondary N) is 1. The third-order valence-electron chi connectivity index (χ3n) is 6.24. The number of carbonyl (C=O) groups excluding carboxylic acids is 3. The third kappa shape index (κ3) is 2.93. The van der Waals surface area contributed by atoms with Crippen molar-refractivity contribution in [1.29, 1.82) is 0 Å². The first-order chi connectivity index (χ1) is 14.8. The van der Waals surface area contributed by atoms with E-state index in [1.165, 1.54) is 4.90 Å². The normalized spacial score (nSPS) is 21.9. The molecular weight excluding hydrogens is 400 g/mol. The summed E-state index contributed by atoms with van der Waals surface area (Å²) in [4.78, 5) is 44.4. The molecule has 0 saturated carbocycles. The number of imide groups is 1. The molecule has 2 aromatic rings. The zero-order valence-corrected chi connectivity index (χ0v) is 17.4. The number of ether oxygens (including phenoxy) is 1. The third-order valence-corrected chi connectivity index (χ3v) is 6.24. The van der Waals surface area contributed by atoms with Gasteiger partial charge < -0.3 is 19.9 Å². The largest absolute Gasteiger partial charge is 0.491 e. The number of amides is 4. The molecule has 0 unspecified atom stereocenters. The van der Waals surface area contributed by atoms with Gasteiger partial charge in [0.1, 0.15) is 29.8 Å². The molecule has 0 spiro atoms. The van der Waals surface area contributed by atoms with Crippen molar-refractivity contribution in [3.05, 3.63) is 24.4 Å². The zero-order valence-electron chi connectivity index (χ0n) is 17.4. The van der Waals surface area contributed by atoms with Gasteiger partial charge in [0, 0.05) is 24.5 Å². The van der Waals surface area contributed by atoms with Crippen molar-refractivity contribution in [3.8, 4) is 17.1 Å². The number of rotatable bonds is 3. The van der Waals surface area contributed by atoms with Gasteiger partial charge in [-0.3, -0.25) is 19.8 Å². The Morgan fingerprint density at radius 1 is 1.29 bits per heavy atom. The predicted octanol–water partition coefficient (Wildman–Crippen LogP) is 1.23. The Kier molecular flexibility index (Phi) is 4.21. The van der Waals surface area contributed by atoms with Gasteiger partial charge >= 0.3 is 6.03 Å². The minimum Gasteiger partial charge on any atom is -0.491 e. The summed E-state index contributed by atoms with van der Waals surface area (Å²) in [5.41, 5.74) is 6.21. The molecule has 0 aliphatic carbocycles. The lowest BCUT2D eigenvalue weighted by Crippen LogP contribution is -2.44. The van der Waals surface area contributed by atoms with E-state index in [2.05, 4.69) is 5.32 Å². The number of primary amides is 1. The standard InChI is InChI=1S/C21H24N6O4/c1-21(2)19(29)24-20(30)27(21)16-11-25-8-9-31-15-10-12(5-6-13(15)18(25)23-16)26-7-3-4-14(26)17(22)28/h5-6,10-11,14H,3-4,7-9H2,1-2H3,(H2,22,28)(H,24,29,30)/t14-/m0/s1. The number of carbonyl (C=O) groups is 3. The summed E-state index contributed by atoms with van der Waals surface area (Å²) in [6.07, 6.45) is 3.42. The maximum absolute atomic E-state index is 12.4. The van der Waals surface area contributed by atoms with Gasteiger partial charge in [0.25, 0.3) is 5.91 Å². The lowest BCUT2D eigenvalue weighted by molar-refractivity contribution is -0.122. The highest BCUT2D eigenvalue weighted by atomic mass is 16.5. The second kappa shape index (κ2) is 6.73. The number of urea groups is 1. The average molecular weight is 424 g/mol. The maximum Gasteiger partial charge on any atom is 0.330 e. The molecule has 3 aliphatic rings. The Hall–Kier alpha value is -3.56. The van der Waals surface area contributed by atoms with Crippen molar-refractivity contribution in [2.75, 3.05) is 23.0 Å². The van der Waals surface area contributed by atoms with E-state index < -0.39 is 11.6 Å². The van der Waals surface area contributed by atoms with Crippen LogP contribution in [0.1, 0.15) is 26.7 Å². The van der Waals surface area contributed by atoms with Gasteiger partial charge in [-0.05, 0) is 38.8 Å². The van der Waals surface area contributed by atoms with Gasteiger partial charge in [-0.25, -0.2) is 9.78 Å². The lowest BCUT2D eigenvalue weighted by Gasteiger charge is -2.25. The van der Waals surface area contributed by atoms with Crippen LogP contribution in [0.25, 0.3) is 11.4 Å². The average Bonchev–Trinajstić information content (AvgIpc) is 3.37. The first-order valence-corrected chi connectivity index (χ1v) is 10.3. The fourth-order valence-electron chi connectivity index (χ4n) is 4.57.